The van der Waals surface area contributed by atoms with Gasteiger partial charge in [-0.3, -0.25) is 10.3 Å². The normalized spacial score (nSPS) is 10.9. The van der Waals surface area contributed by atoms with Crippen molar-refractivity contribution in [1.82, 2.24) is 10.3 Å². The molecule has 0 unspecified atom stereocenters. The maximum Gasteiger partial charge on any atom is 0.209 e. The second-order valence-corrected chi connectivity index (χ2v) is 3.17. The Morgan fingerprint density at radius 2 is 2.40 bits per heavy atom. The van der Waals surface area contributed by atoms with Crippen LogP contribution in [0.3, 0.4) is 0 Å². The number of nitrogens with one attached hydrogen (secondary N) is 2. The number of rotatable bonds is 2. The van der Waals surface area contributed by atoms with Crippen LogP contribution in [-0.4, -0.2) is 17.0 Å². The second kappa shape index (κ2) is 5.60. The molecule has 15 heavy (non-hydrogen) atoms. The number of nitriles is 1. The Bertz CT molecular complexity index is 363. The summed E-state index contributed by atoms with van der Waals surface area (Å²) < 4.78 is 0. The Hall–Kier alpha value is -2.09. The van der Waals surface area contributed by atoms with E-state index in [1.807, 2.05) is 32.2 Å². The lowest BCUT2D eigenvalue weighted by Gasteiger charge is -2.08. The molecule has 2 N–H and O–H groups in total. The molecule has 0 aliphatic carbocycles. The molecular formula is C10H13N5. The Balaban J connectivity index is 2.72. The molecule has 0 saturated heterocycles. The van der Waals surface area contributed by atoms with Crippen LogP contribution < -0.4 is 10.6 Å². The molecule has 0 saturated carbocycles. The molecule has 1 aromatic rings. The summed E-state index contributed by atoms with van der Waals surface area (Å²) in [6.07, 6.45) is 5.17. The minimum Gasteiger partial charge on any atom is -0.324 e. The predicted molar refractivity (Wildman–Crippen MR) is 59.2 cm³/mol. The van der Waals surface area contributed by atoms with Gasteiger partial charge in [-0.05, 0) is 26.0 Å². The summed E-state index contributed by atoms with van der Waals surface area (Å²) in [5.74, 6) is 0.431. The van der Waals surface area contributed by atoms with E-state index in [0.717, 1.165) is 5.69 Å². The highest BCUT2D eigenvalue weighted by Crippen LogP contribution is 2.02. The van der Waals surface area contributed by atoms with Gasteiger partial charge in [-0.25, -0.2) is 4.99 Å². The zero-order valence-electron chi connectivity index (χ0n) is 8.73. The highest BCUT2D eigenvalue weighted by Gasteiger charge is 1.99. The van der Waals surface area contributed by atoms with Gasteiger partial charge in [0.15, 0.2) is 6.19 Å². The van der Waals surface area contributed by atoms with Gasteiger partial charge in [-0.15, -0.1) is 0 Å². The molecule has 5 heteroatoms. The van der Waals surface area contributed by atoms with Gasteiger partial charge in [0.05, 0.1) is 11.9 Å². The van der Waals surface area contributed by atoms with Crippen LogP contribution in [0.25, 0.3) is 0 Å². The molecule has 0 aliphatic rings. The highest BCUT2D eigenvalue weighted by atomic mass is 15.2. The van der Waals surface area contributed by atoms with Crippen LogP contribution in [0.4, 0.5) is 5.69 Å². The largest absolute Gasteiger partial charge is 0.324 e. The summed E-state index contributed by atoms with van der Waals surface area (Å²) in [5.41, 5.74) is 0.791. The van der Waals surface area contributed by atoms with Crippen LogP contribution in [0.15, 0.2) is 29.5 Å². The number of hydrogen-bond donors (Lipinski definition) is 2. The average molecular weight is 203 g/mol. The number of guanidine groups is 1. The number of aromatic nitrogens is 1. The Morgan fingerprint density at radius 3 is 2.93 bits per heavy atom. The molecule has 78 valence electrons. The van der Waals surface area contributed by atoms with Gasteiger partial charge in [0.25, 0.3) is 0 Å². The first-order valence-electron chi connectivity index (χ1n) is 4.62. The lowest BCUT2D eigenvalue weighted by Crippen LogP contribution is -2.27. The van der Waals surface area contributed by atoms with Crippen molar-refractivity contribution in [2.24, 2.45) is 4.99 Å². The van der Waals surface area contributed by atoms with Gasteiger partial charge in [0, 0.05) is 12.2 Å². The quantitative estimate of drug-likeness (QED) is 0.329. The fourth-order valence-corrected chi connectivity index (χ4v) is 0.980. The van der Waals surface area contributed by atoms with Gasteiger partial charge >= 0.3 is 0 Å². The summed E-state index contributed by atoms with van der Waals surface area (Å²) in [7, 11) is 0. The molecular weight excluding hydrogens is 190 g/mol. The molecule has 0 aromatic carbocycles. The molecule has 0 bridgehead atoms. The Kier molecular flexibility index (Phi) is 4.10. The molecule has 0 aliphatic heterocycles. The molecule has 1 rings (SSSR count). The number of nitrogens with zero attached hydrogens (tertiary/aromatic N) is 3. The second-order valence-electron chi connectivity index (χ2n) is 3.17. The summed E-state index contributed by atoms with van der Waals surface area (Å²) in [6, 6.07) is 3.77. The van der Waals surface area contributed by atoms with E-state index in [0.29, 0.717) is 5.96 Å². The van der Waals surface area contributed by atoms with E-state index in [1.54, 1.807) is 12.4 Å². The first kappa shape index (κ1) is 11.0. The highest BCUT2D eigenvalue weighted by molar-refractivity contribution is 5.94. The SMILES string of the molecule is CC(C)N=C(NC#N)Nc1cccnc1. The number of hydrogen-bond acceptors (Lipinski definition) is 3. The summed E-state index contributed by atoms with van der Waals surface area (Å²) in [4.78, 5) is 8.15. The minimum atomic E-state index is 0.116. The van der Waals surface area contributed by atoms with E-state index >= 15 is 0 Å². The van der Waals surface area contributed by atoms with Gasteiger partial charge < -0.3 is 5.32 Å². The smallest absolute Gasteiger partial charge is 0.209 e. The van der Waals surface area contributed by atoms with Crippen LogP contribution >= 0.6 is 0 Å². The van der Waals surface area contributed by atoms with Gasteiger partial charge in [0.2, 0.25) is 5.96 Å². The molecule has 0 fully saturated rings. The number of anilines is 1. The van der Waals surface area contributed by atoms with Crippen LogP contribution in [0.5, 0.6) is 0 Å². The van der Waals surface area contributed by atoms with Crippen molar-refractivity contribution in [3.8, 4) is 6.19 Å². The van der Waals surface area contributed by atoms with Crippen molar-refractivity contribution in [3.05, 3.63) is 24.5 Å². The van der Waals surface area contributed by atoms with Crippen LogP contribution in [-0.2, 0) is 0 Å². The molecule has 0 spiro atoms. The third kappa shape index (κ3) is 4.09. The maximum absolute atomic E-state index is 8.53. The van der Waals surface area contributed by atoms with Gasteiger partial charge in [-0.2, -0.15) is 5.26 Å². The van der Waals surface area contributed by atoms with E-state index < -0.39 is 0 Å². The first-order chi connectivity index (χ1) is 7.22. The maximum atomic E-state index is 8.53. The van der Waals surface area contributed by atoms with Crippen molar-refractivity contribution in [3.63, 3.8) is 0 Å². The van der Waals surface area contributed by atoms with E-state index in [4.69, 9.17) is 5.26 Å². The van der Waals surface area contributed by atoms with Crippen molar-refractivity contribution in [1.29, 1.82) is 5.26 Å². The standard InChI is InChI=1S/C10H13N5/c1-8(2)14-10(13-7-11)15-9-4-3-5-12-6-9/h3-6,8H,1-2H3,(H2,13,14,15). The molecule has 1 heterocycles. The zero-order chi connectivity index (χ0) is 11.1. The lowest BCUT2D eigenvalue weighted by atomic mass is 10.4. The summed E-state index contributed by atoms with van der Waals surface area (Å²) >= 11 is 0. The number of pyridine rings is 1. The third-order valence-corrected chi connectivity index (χ3v) is 1.49. The summed E-state index contributed by atoms with van der Waals surface area (Å²) in [5, 5.41) is 14.0. The van der Waals surface area contributed by atoms with E-state index in [9.17, 15) is 0 Å². The number of aliphatic imine (C=N–C) groups is 1. The molecule has 5 nitrogen and oxygen atoms in total. The zero-order valence-corrected chi connectivity index (χ0v) is 8.73. The Labute approximate surface area is 88.9 Å². The van der Waals surface area contributed by atoms with Crippen molar-refractivity contribution < 1.29 is 0 Å². The van der Waals surface area contributed by atoms with Gasteiger partial charge in [0.1, 0.15) is 0 Å². The van der Waals surface area contributed by atoms with Gasteiger partial charge in [-0.1, -0.05) is 0 Å². The predicted octanol–water partition coefficient (Wildman–Crippen LogP) is 1.33. The topological polar surface area (TPSA) is 73.1 Å². The monoisotopic (exact) mass is 203 g/mol. The lowest BCUT2D eigenvalue weighted by molar-refractivity contribution is 0.828. The van der Waals surface area contributed by atoms with Crippen molar-refractivity contribution in [2.75, 3.05) is 5.32 Å². The minimum absolute atomic E-state index is 0.116. The molecule has 0 radical (unpaired) electrons. The third-order valence-electron chi connectivity index (χ3n) is 1.49. The fourth-order valence-electron chi connectivity index (χ4n) is 0.980. The molecule has 0 atom stereocenters. The van der Waals surface area contributed by atoms with E-state index in [2.05, 4.69) is 20.6 Å². The van der Waals surface area contributed by atoms with Crippen LogP contribution in [0, 0.1) is 11.5 Å². The van der Waals surface area contributed by atoms with E-state index in [-0.39, 0.29) is 6.04 Å². The van der Waals surface area contributed by atoms with E-state index in [1.165, 1.54) is 0 Å². The summed E-state index contributed by atoms with van der Waals surface area (Å²) in [6.45, 7) is 3.87. The first-order valence-corrected chi connectivity index (χ1v) is 4.62. The van der Waals surface area contributed by atoms with Crippen molar-refractivity contribution in [2.45, 2.75) is 19.9 Å². The fraction of sp³-hybridized carbons (Fsp3) is 0.300. The molecule has 0 amide bonds. The molecule has 1 aromatic heterocycles. The van der Waals surface area contributed by atoms with Crippen molar-refractivity contribution >= 4 is 11.6 Å². The van der Waals surface area contributed by atoms with Crippen LogP contribution in [0.1, 0.15) is 13.8 Å². The van der Waals surface area contributed by atoms with Crippen LogP contribution in [0.2, 0.25) is 0 Å². The Morgan fingerprint density at radius 1 is 1.60 bits per heavy atom. The average Bonchev–Trinajstić information content (AvgIpc) is 2.18.